The van der Waals surface area contributed by atoms with E-state index in [1.807, 2.05) is 30.5 Å². The summed E-state index contributed by atoms with van der Waals surface area (Å²) in [5, 5.41) is 5.15. The second-order valence-corrected chi connectivity index (χ2v) is 4.75. The Bertz CT molecular complexity index is 579. The van der Waals surface area contributed by atoms with E-state index in [1.165, 1.54) is 0 Å². The number of pyridine rings is 1. The van der Waals surface area contributed by atoms with Gasteiger partial charge in [0, 0.05) is 29.4 Å². The Hall–Kier alpha value is -1.90. The first-order valence-electron chi connectivity index (χ1n) is 5.89. The maximum absolute atomic E-state index is 11.8. The molecule has 1 saturated carbocycles. The number of fused-ring (bicyclic) bond motifs is 1. The molecular formula is C14H14N2O. The Labute approximate surface area is 99.9 Å². The van der Waals surface area contributed by atoms with Crippen molar-refractivity contribution in [3.63, 3.8) is 0 Å². The third-order valence-corrected chi connectivity index (χ3v) is 3.35. The molecule has 0 unspecified atom stereocenters. The van der Waals surface area contributed by atoms with Gasteiger partial charge in [0.05, 0.1) is 0 Å². The molecule has 0 spiro atoms. The average Bonchev–Trinajstić information content (AvgIpc) is 3.06. The fourth-order valence-corrected chi connectivity index (χ4v) is 2.08. The van der Waals surface area contributed by atoms with Crippen LogP contribution in [0.25, 0.3) is 10.8 Å². The van der Waals surface area contributed by atoms with E-state index in [4.69, 9.17) is 0 Å². The van der Waals surface area contributed by atoms with Crippen LogP contribution in [0.2, 0.25) is 0 Å². The number of anilines is 1. The molecule has 3 nitrogen and oxygen atoms in total. The summed E-state index contributed by atoms with van der Waals surface area (Å²) in [6.07, 6.45) is 4.60. The van der Waals surface area contributed by atoms with E-state index in [-0.39, 0.29) is 11.8 Å². The van der Waals surface area contributed by atoms with Crippen molar-refractivity contribution in [2.24, 2.45) is 11.8 Å². The van der Waals surface area contributed by atoms with Crippen molar-refractivity contribution in [2.45, 2.75) is 13.3 Å². The Balaban J connectivity index is 1.83. The van der Waals surface area contributed by atoms with E-state index in [0.717, 1.165) is 22.9 Å². The van der Waals surface area contributed by atoms with Gasteiger partial charge in [-0.1, -0.05) is 13.0 Å². The van der Waals surface area contributed by atoms with Gasteiger partial charge in [-0.15, -0.1) is 0 Å². The topological polar surface area (TPSA) is 42.0 Å². The van der Waals surface area contributed by atoms with Crippen molar-refractivity contribution in [3.05, 3.63) is 36.7 Å². The zero-order valence-electron chi connectivity index (χ0n) is 9.68. The van der Waals surface area contributed by atoms with Crippen LogP contribution in [0.4, 0.5) is 5.69 Å². The number of nitrogens with one attached hydrogen (secondary N) is 1. The van der Waals surface area contributed by atoms with Gasteiger partial charge in [0.2, 0.25) is 5.91 Å². The molecule has 1 aromatic carbocycles. The molecule has 86 valence electrons. The molecule has 0 bridgehead atoms. The summed E-state index contributed by atoms with van der Waals surface area (Å²) in [5.41, 5.74) is 0.868. The van der Waals surface area contributed by atoms with E-state index >= 15 is 0 Å². The van der Waals surface area contributed by atoms with E-state index in [0.29, 0.717) is 5.92 Å². The molecule has 1 aliphatic carbocycles. The van der Waals surface area contributed by atoms with Crippen molar-refractivity contribution in [2.75, 3.05) is 5.32 Å². The molecule has 3 rings (SSSR count). The molecule has 0 saturated heterocycles. The standard InChI is InChI=1S/C14H14N2O/c1-9-6-13(9)14(17)16-12-3-2-11-8-15-5-4-10(11)7-12/h2-5,7-9,13H,6H2,1H3,(H,16,17)/t9-,13-/m1/s1. The highest BCUT2D eigenvalue weighted by Gasteiger charge is 2.38. The van der Waals surface area contributed by atoms with Gasteiger partial charge in [-0.3, -0.25) is 9.78 Å². The number of aromatic nitrogens is 1. The molecule has 1 aromatic heterocycles. The normalized spacial score (nSPS) is 22.4. The molecule has 0 radical (unpaired) electrons. The average molecular weight is 226 g/mol. The van der Waals surface area contributed by atoms with Crippen LogP contribution < -0.4 is 5.32 Å². The van der Waals surface area contributed by atoms with Gasteiger partial charge in [-0.25, -0.2) is 0 Å². The zero-order valence-corrected chi connectivity index (χ0v) is 9.68. The molecule has 1 N–H and O–H groups in total. The summed E-state index contributed by atoms with van der Waals surface area (Å²) in [4.78, 5) is 15.9. The predicted octanol–water partition coefficient (Wildman–Crippen LogP) is 2.83. The van der Waals surface area contributed by atoms with Crippen molar-refractivity contribution in [1.29, 1.82) is 0 Å². The van der Waals surface area contributed by atoms with Crippen LogP contribution in [0.1, 0.15) is 13.3 Å². The molecular weight excluding hydrogens is 212 g/mol. The minimum atomic E-state index is 0.144. The lowest BCUT2D eigenvalue weighted by atomic mass is 10.1. The van der Waals surface area contributed by atoms with Crippen molar-refractivity contribution in [3.8, 4) is 0 Å². The minimum Gasteiger partial charge on any atom is -0.326 e. The SMILES string of the molecule is C[C@@H]1C[C@H]1C(=O)Nc1ccc2cnccc2c1. The number of amides is 1. The molecule has 2 aromatic rings. The highest BCUT2D eigenvalue weighted by molar-refractivity contribution is 5.96. The van der Waals surface area contributed by atoms with E-state index in [2.05, 4.69) is 17.2 Å². The molecule has 1 aliphatic rings. The number of hydrogen-bond donors (Lipinski definition) is 1. The smallest absolute Gasteiger partial charge is 0.227 e. The Morgan fingerprint density at radius 3 is 2.94 bits per heavy atom. The quantitative estimate of drug-likeness (QED) is 0.855. The van der Waals surface area contributed by atoms with E-state index in [9.17, 15) is 4.79 Å². The van der Waals surface area contributed by atoms with Gasteiger partial charge in [0.25, 0.3) is 0 Å². The molecule has 1 heterocycles. The van der Waals surface area contributed by atoms with Crippen LogP contribution in [0.3, 0.4) is 0 Å². The summed E-state index contributed by atoms with van der Waals surface area (Å²) in [6, 6.07) is 7.84. The van der Waals surface area contributed by atoms with Crippen LogP contribution in [-0.2, 0) is 4.79 Å². The second kappa shape index (κ2) is 3.84. The lowest BCUT2D eigenvalue weighted by molar-refractivity contribution is -0.117. The Morgan fingerprint density at radius 2 is 2.18 bits per heavy atom. The molecule has 0 aliphatic heterocycles. The van der Waals surface area contributed by atoms with Crippen LogP contribution >= 0.6 is 0 Å². The number of carbonyl (C=O) groups excluding carboxylic acids is 1. The monoisotopic (exact) mass is 226 g/mol. The number of nitrogens with zero attached hydrogens (tertiary/aromatic N) is 1. The molecule has 3 heteroatoms. The summed E-state index contributed by atoms with van der Waals surface area (Å²) in [6.45, 7) is 2.11. The van der Waals surface area contributed by atoms with Crippen LogP contribution in [0.15, 0.2) is 36.7 Å². The number of benzene rings is 1. The molecule has 2 atom stereocenters. The van der Waals surface area contributed by atoms with Crippen LogP contribution in [0, 0.1) is 11.8 Å². The number of rotatable bonds is 2. The van der Waals surface area contributed by atoms with Crippen molar-refractivity contribution < 1.29 is 4.79 Å². The first-order valence-corrected chi connectivity index (χ1v) is 5.89. The van der Waals surface area contributed by atoms with Crippen LogP contribution in [0.5, 0.6) is 0 Å². The van der Waals surface area contributed by atoms with E-state index in [1.54, 1.807) is 6.20 Å². The van der Waals surface area contributed by atoms with Gasteiger partial charge >= 0.3 is 0 Å². The maximum Gasteiger partial charge on any atom is 0.227 e. The van der Waals surface area contributed by atoms with Gasteiger partial charge in [-0.2, -0.15) is 0 Å². The second-order valence-electron chi connectivity index (χ2n) is 4.75. The Kier molecular flexibility index (Phi) is 2.32. The summed E-state index contributed by atoms with van der Waals surface area (Å²) < 4.78 is 0. The third-order valence-electron chi connectivity index (χ3n) is 3.35. The molecule has 17 heavy (non-hydrogen) atoms. The van der Waals surface area contributed by atoms with Gasteiger partial charge in [0.1, 0.15) is 0 Å². The number of hydrogen-bond acceptors (Lipinski definition) is 2. The first kappa shape index (κ1) is 10.3. The van der Waals surface area contributed by atoms with Gasteiger partial charge in [-0.05, 0) is 35.9 Å². The van der Waals surface area contributed by atoms with Gasteiger partial charge < -0.3 is 5.32 Å². The first-order chi connectivity index (χ1) is 8.24. The largest absolute Gasteiger partial charge is 0.326 e. The zero-order chi connectivity index (χ0) is 11.8. The highest BCUT2D eigenvalue weighted by atomic mass is 16.2. The van der Waals surface area contributed by atoms with Gasteiger partial charge in [0.15, 0.2) is 0 Å². The lowest BCUT2D eigenvalue weighted by Crippen LogP contribution is -2.14. The van der Waals surface area contributed by atoms with Crippen molar-refractivity contribution in [1.82, 2.24) is 4.98 Å². The summed E-state index contributed by atoms with van der Waals surface area (Å²) in [7, 11) is 0. The van der Waals surface area contributed by atoms with E-state index < -0.39 is 0 Å². The molecule has 1 fully saturated rings. The molecule has 1 amide bonds. The predicted molar refractivity (Wildman–Crippen MR) is 67.6 cm³/mol. The van der Waals surface area contributed by atoms with Crippen LogP contribution in [-0.4, -0.2) is 10.9 Å². The maximum atomic E-state index is 11.8. The summed E-state index contributed by atoms with van der Waals surface area (Å²) in [5.74, 6) is 0.897. The number of carbonyl (C=O) groups is 1. The third kappa shape index (κ3) is 2.00. The van der Waals surface area contributed by atoms with Crippen molar-refractivity contribution >= 4 is 22.4 Å². The highest BCUT2D eigenvalue weighted by Crippen LogP contribution is 2.38. The Morgan fingerprint density at radius 1 is 1.35 bits per heavy atom. The minimum absolute atomic E-state index is 0.144. The summed E-state index contributed by atoms with van der Waals surface area (Å²) >= 11 is 0. The lowest BCUT2D eigenvalue weighted by Gasteiger charge is -2.05. The fraction of sp³-hybridized carbons (Fsp3) is 0.286. The fourth-order valence-electron chi connectivity index (χ4n) is 2.08.